The molecule has 1 heterocycles. The van der Waals surface area contributed by atoms with E-state index in [0.717, 1.165) is 11.4 Å². The van der Waals surface area contributed by atoms with Crippen LogP contribution in [0.1, 0.15) is 69.7 Å². The summed E-state index contributed by atoms with van der Waals surface area (Å²) in [5.74, 6) is 0. The minimum atomic E-state index is 1.05. The van der Waals surface area contributed by atoms with Gasteiger partial charge in [0.05, 0.1) is 0 Å². The third-order valence-electron chi connectivity index (χ3n) is 3.98. The normalized spacial score (nSPS) is 11.0. The van der Waals surface area contributed by atoms with Crippen molar-refractivity contribution in [1.82, 2.24) is 10.2 Å². The Balaban J connectivity index is 1.57. The Morgan fingerprint density at radius 3 is 2.09 bits per heavy atom. The van der Waals surface area contributed by atoms with Gasteiger partial charge >= 0.3 is 0 Å². The van der Waals surface area contributed by atoms with Crippen LogP contribution in [0.3, 0.4) is 0 Å². The van der Waals surface area contributed by atoms with E-state index in [0.29, 0.717) is 0 Å². The van der Waals surface area contributed by atoms with Crippen molar-refractivity contribution < 1.29 is 0 Å². The predicted octanol–water partition coefficient (Wildman–Crippen LogP) is 6.28. The van der Waals surface area contributed by atoms with Crippen LogP contribution in [0.2, 0.25) is 0 Å². The molecule has 120 valence electrons. The molecule has 0 aliphatic carbocycles. The minimum Gasteiger partial charge on any atom is -0.143 e. The summed E-state index contributed by atoms with van der Waals surface area (Å²) in [6, 6.07) is 10.3. The molecule has 0 bridgehead atoms. The molecule has 3 heteroatoms. The van der Waals surface area contributed by atoms with E-state index >= 15 is 0 Å². The van der Waals surface area contributed by atoms with E-state index in [-0.39, 0.29) is 0 Å². The first-order valence-corrected chi connectivity index (χ1v) is 9.59. The molecule has 0 aliphatic heterocycles. The molecule has 0 unspecified atom stereocenters. The lowest BCUT2D eigenvalue weighted by molar-refractivity contribution is 0.564. The zero-order chi connectivity index (χ0) is 15.5. The van der Waals surface area contributed by atoms with E-state index in [4.69, 9.17) is 0 Å². The van der Waals surface area contributed by atoms with E-state index in [1.54, 1.807) is 11.3 Å². The maximum atomic E-state index is 4.33. The van der Waals surface area contributed by atoms with E-state index in [9.17, 15) is 0 Å². The average molecular weight is 317 g/mol. The Kier molecular flexibility index (Phi) is 8.18. The second-order valence-electron chi connectivity index (χ2n) is 5.95. The smallest absolute Gasteiger partial charge is 0.143 e. The van der Waals surface area contributed by atoms with Crippen molar-refractivity contribution in [3.63, 3.8) is 0 Å². The maximum absolute atomic E-state index is 4.33. The highest BCUT2D eigenvalue weighted by Gasteiger charge is 2.05. The first kappa shape index (κ1) is 17.1. The average Bonchev–Trinajstić information content (AvgIpc) is 3.03. The van der Waals surface area contributed by atoms with Gasteiger partial charge in [0.15, 0.2) is 0 Å². The molecule has 2 nitrogen and oxygen atoms in total. The van der Waals surface area contributed by atoms with E-state index < -0.39 is 0 Å². The van der Waals surface area contributed by atoms with E-state index in [1.807, 2.05) is 6.07 Å². The van der Waals surface area contributed by atoms with Crippen LogP contribution < -0.4 is 0 Å². The Morgan fingerprint density at radius 2 is 1.41 bits per heavy atom. The molecule has 0 fully saturated rings. The standard InChI is InChI=1S/C19H28N2S/c1-2-3-4-5-6-7-8-9-13-16-18-20-21-19(22-18)17-14-11-10-12-15-17/h10-12,14-15H,2-9,13,16H2,1H3. The zero-order valence-corrected chi connectivity index (χ0v) is 14.6. The molecule has 1 aromatic heterocycles. The van der Waals surface area contributed by atoms with Crippen LogP contribution in [0.25, 0.3) is 10.6 Å². The minimum absolute atomic E-state index is 1.05. The van der Waals surface area contributed by atoms with Gasteiger partial charge in [0.25, 0.3) is 0 Å². The molecular weight excluding hydrogens is 288 g/mol. The monoisotopic (exact) mass is 316 g/mol. The van der Waals surface area contributed by atoms with Crippen molar-refractivity contribution in [2.45, 2.75) is 71.1 Å². The molecule has 0 saturated heterocycles. The lowest BCUT2D eigenvalue weighted by Gasteiger charge is -2.00. The van der Waals surface area contributed by atoms with Gasteiger partial charge in [0.2, 0.25) is 0 Å². The number of aryl methyl sites for hydroxylation is 1. The molecule has 0 saturated carbocycles. The van der Waals surface area contributed by atoms with Crippen molar-refractivity contribution in [1.29, 1.82) is 0 Å². The van der Waals surface area contributed by atoms with Gasteiger partial charge in [-0.3, -0.25) is 0 Å². The molecule has 0 aliphatic rings. The highest BCUT2D eigenvalue weighted by atomic mass is 32.1. The van der Waals surface area contributed by atoms with Crippen LogP contribution in [0.15, 0.2) is 30.3 Å². The van der Waals surface area contributed by atoms with Crippen LogP contribution in [-0.2, 0) is 6.42 Å². The summed E-state index contributed by atoms with van der Waals surface area (Å²) in [7, 11) is 0. The highest BCUT2D eigenvalue weighted by molar-refractivity contribution is 7.14. The number of hydrogen-bond acceptors (Lipinski definition) is 3. The predicted molar refractivity (Wildman–Crippen MR) is 96.3 cm³/mol. The van der Waals surface area contributed by atoms with E-state index in [2.05, 4.69) is 41.4 Å². The fraction of sp³-hybridized carbons (Fsp3) is 0.579. The third kappa shape index (κ3) is 6.27. The molecule has 0 N–H and O–H groups in total. The SMILES string of the molecule is CCCCCCCCCCCc1nnc(-c2ccccc2)s1. The molecule has 0 atom stereocenters. The number of nitrogens with zero attached hydrogens (tertiary/aromatic N) is 2. The maximum Gasteiger partial charge on any atom is 0.147 e. The fourth-order valence-electron chi connectivity index (χ4n) is 2.64. The van der Waals surface area contributed by atoms with Crippen LogP contribution in [-0.4, -0.2) is 10.2 Å². The Bertz CT molecular complexity index is 507. The van der Waals surface area contributed by atoms with Gasteiger partial charge in [-0.25, -0.2) is 0 Å². The van der Waals surface area contributed by atoms with Gasteiger partial charge in [-0.05, 0) is 6.42 Å². The highest BCUT2D eigenvalue weighted by Crippen LogP contribution is 2.24. The molecule has 2 rings (SSSR count). The summed E-state index contributed by atoms with van der Waals surface area (Å²) in [6.45, 7) is 2.27. The molecule has 0 radical (unpaired) electrons. The van der Waals surface area contributed by atoms with Gasteiger partial charge in [-0.15, -0.1) is 10.2 Å². The lowest BCUT2D eigenvalue weighted by Crippen LogP contribution is -1.86. The topological polar surface area (TPSA) is 25.8 Å². The van der Waals surface area contributed by atoms with Gasteiger partial charge in [-0.2, -0.15) is 0 Å². The summed E-state index contributed by atoms with van der Waals surface area (Å²) in [5, 5.41) is 10.9. The first-order valence-electron chi connectivity index (χ1n) is 8.78. The summed E-state index contributed by atoms with van der Waals surface area (Å²) in [5.41, 5.74) is 1.18. The Morgan fingerprint density at radius 1 is 0.773 bits per heavy atom. The van der Waals surface area contributed by atoms with Gasteiger partial charge < -0.3 is 0 Å². The van der Waals surface area contributed by atoms with Crippen molar-refractivity contribution >= 4 is 11.3 Å². The Labute approximate surface area is 139 Å². The second-order valence-corrected chi connectivity index (χ2v) is 7.01. The number of benzene rings is 1. The van der Waals surface area contributed by atoms with Crippen molar-refractivity contribution in [2.75, 3.05) is 0 Å². The Hall–Kier alpha value is -1.22. The summed E-state index contributed by atoms with van der Waals surface area (Å²) >= 11 is 1.74. The first-order chi connectivity index (χ1) is 10.9. The van der Waals surface area contributed by atoms with Crippen LogP contribution in [0.4, 0.5) is 0 Å². The largest absolute Gasteiger partial charge is 0.147 e. The number of rotatable bonds is 11. The molecule has 2 aromatic rings. The van der Waals surface area contributed by atoms with Crippen LogP contribution in [0, 0.1) is 0 Å². The molecule has 22 heavy (non-hydrogen) atoms. The number of aromatic nitrogens is 2. The fourth-order valence-corrected chi connectivity index (χ4v) is 3.53. The van der Waals surface area contributed by atoms with Crippen LogP contribution >= 0.6 is 11.3 Å². The van der Waals surface area contributed by atoms with Crippen molar-refractivity contribution in [3.8, 4) is 10.6 Å². The molecule has 0 amide bonds. The van der Waals surface area contributed by atoms with Gasteiger partial charge in [-0.1, -0.05) is 100.0 Å². The summed E-state index contributed by atoms with van der Waals surface area (Å²) in [6.07, 6.45) is 13.4. The lowest BCUT2D eigenvalue weighted by atomic mass is 10.1. The molecule has 1 aromatic carbocycles. The van der Waals surface area contributed by atoms with Crippen molar-refractivity contribution in [2.24, 2.45) is 0 Å². The number of hydrogen-bond donors (Lipinski definition) is 0. The molecule has 0 spiro atoms. The quantitative estimate of drug-likeness (QED) is 0.456. The van der Waals surface area contributed by atoms with Crippen LogP contribution in [0.5, 0.6) is 0 Å². The number of unbranched alkanes of at least 4 members (excludes halogenated alkanes) is 8. The van der Waals surface area contributed by atoms with Crippen molar-refractivity contribution in [3.05, 3.63) is 35.3 Å². The summed E-state index contributed by atoms with van der Waals surface area (Å²) in [4.78, 5) is 0. The second kappa shape index (κ2) is 10.5. The third-order valence-corrected chi connectivity index (χ3v) is 5.01. The molecular formula is C19H28N2S. The van der Waals surface area contributed by atoms with Gasteiger partial charge in [0.1, 0.15) is 10.0 Å². The van der Waals surface area contributed by atoms with Gasteiger partial charge in [0, 0.05) is 12.0 Å². The summed E-state index contributed by atoms with van der Waals surface area (Å²) < 4.78 is 0. The van der Waals surface area contributed by atoms with E-state index in [1.165, 1.54) is 68.4 Å². The zero-order valence-electron chi connectivity index (χ0n) is 13.8.